The van der Waals surface area contributed by atoms with Gasteiger partial charge in [-0.2, -0.15) is 0 Å². The minimum absolute atomic E-state index is 0.123. The number of aromatic nitrogens is 3. The Balaban J connectivity index is 1.89. The Kier molecular flexibility index (Phi) is 4.01. The van der Waals surface area contributed by atoms with Crippen LogP contribution in [0.4, 0.5) is 11.5 Å². The lowest BCUT2D eigenvalue weighted by Crippen LogP contribution is -2.11. The number of azo groups is 1. The van der Waals surface area contributed by atoms with Gasteiger partial charge in [0.1, 0.15) is 6.20 Å². The molecule has 3 rings (SSSR count). The van der Waals surface area contributed by atoms with E-state index in [0.717, 1.165) is 16.3 Å². The van der Waals surface area contributed by atoms with Crippen molar-refractivity contribution in [3.8, 4) is 5.88 Å². The van der Waals surface area contributed by atoms with Crippen LogP contribution in [0.2, 0.25) is 0 Å². The quantitative estimate of drug-likeness (QED) is 0.443. The summed E-state index contributed by atoms with van der Waals surface area (Å²) in [6, 6.07) is 7.14. The van der Waals surface area contributed by atoms with Crippen molar-refractivity contribution in [2.75, 3.05) is 0 Å². The molecule has 10 nitrogen and oxygen atoms in total. The van der Waals surface area contributed by atoms with E-state index in [-0.39, 0.29) is 23.9 Å². The summed E-state index contributed by atoms with van der Waals surface area (Å²) in [5.41, 5.74) is 0.908. The van der Waals surface area contributed by atoms with E-state index in [0.29, 0.717) is 11.2 Å². The van der Waals surface area contributed by atoms with Gasteiger partial charge in [-0.1, -0.05) is 18.2 Å². The average molecular weight is 342 g/mol. The third kappa shape index (κ3) is 2.84. The number of hydrogen-bond acceptors (Lipinski definition) is 6. The molecule has 10 heteroatoms. The number of nitrogens with zero attached hydrogens (tertiary/aromatic N) is 6. The van der Waals surface area contributed by atoms with Crippen LogP contribution in [0, 0.1) is 17.0 Å². The monoisotopic (exact) mass is 342 g/mol. The molecular formula is C15H14N6O4. The molecule has 0 spiro atoms. The summed E-state index contributed by atoms with van der Waals surface area (Å²) in [6.45, 7) is 1.19. The smallest absolute Gasteiger partial charge is 0.343 e. The summed E-state index contributed by atoms with van der Waals surface area (Å²) in [6.07, 6.45) is 1.08. The second kappa shape index (κ2) is 6.15. The Morgan fingerprint density at radius 2 is 2.12 bits per heavy atom. The highest BCUT2D eigenvalue weighted by atomic mass is 16.6. The van der Waals surface area contributed by atoms with E-state index < -0.39 is 10.8 Å². The van der Waals surface area contributed by atoms with Crippen molar-refractivity contribution in [3.63, 3.8) is 0 Å². The van der Waals surface area contributed by atoms with Gasteiger partial charge in [0.2, 0.25) is 5.88 Å². The van der Waals surface area contributed by atoms with Gasteiger partial charge in [-0.3, -0.25) is 4.79 Å². The predicted octanol–water partition coefficient (Wildman–Crippen LogP) is 2.61. The Hall–Kier alpha value is -3.56. The van der Waals surface area contributed by atoms with Crippen LogP contribution in [-0.2, 0) is 18.4 Å². The highest BCUT2D eigenvalue weighted by Gasteiger charge is 2.20. The number of benzene rings is 1. The van der Waals surface area contributed by atoms with Crippen molar-refractivity contribution in [1.29, 1.82) is 0 Å². The standard InChI is InChI=1S/C15H14N6O4/c1-9-16-7-13(21(24)25)20(9)8-12(22)17-18-14-10-5-3-4-6-11(10)19(2)15(14)23/h3-7,23H,8H2,1-2H3. The zero-order chi connectivity index (χ0) is 18.1. The summed E-state index contributed by atoms with van der Waals surface area (Å²) in [7, 11) is 1.66. The molecule has 0 fully saturated rings. The molecule has 1 N–H and O–H groups in total. The molecular weight excluding hydrogens is 328 g/mol. The summed E-state index contributed by atoms with van der Waals surface area (Å²) in [4.78, 5) is 26.2. The molecule has 0 bridgehead atoms. The van der Waals surface area contributed by atoms with E-state index >= 15 is 0 Å². The number of carbonyl (C=O) groups excluding carboxylic acids is 1. The maximum atomic E-state index is 12.0. The molecule has 0 atom stereocenters. The number of rotatable bonds is 4. The maximum Gasteiger partial charge on any atom is 0.343 e. The number of amides is 1. The van der Waals surface area contributed by atoms with Gasteiger partial charge >= 0.3 is 11.7 Å². The minimum Gasteiger partial charge on any atom is -0.493 e. The lowest BCUT2D eigenvalue weighted by molar-refractivity contribution is -0.392. The van der Waals surface area contributed by atoms with Crippen molar-refractivity contribution in [2.45, 2.75) is 13.5 Å². The largest absolute Gasteiger partial charge is 0.493 e. The van der Waals surface area contributed by atoms with E-state index in [1.54, 1.807) is 32.2 Å². The Labute approximate surface area is 141 Å². The molecule has 0 saturated heterocycles. The van der Waals surface area contributed by atoms with Gasteiger partial charge in [0.15, 0.2) is 18.1 Å². The lowest BCUT2D eigenvalue weighted by Gasteiger charge is -1.99. The number of carbonyl (C=O) groups is 1. The van der Waals surface area contributed by atoms with E-state index in [1.807, 2.05) is 6.07 Å². The number of fused-ring (bicyclic) bond motifs is 1. The molecule has 3 aromatic rings. The average Bonchev–Trinajstić information content (AvgIpc) is 3.06. The van der Waals surface area contributed by atoms with Crippen molar-refractivity contribution in [2.24, 2.45) is 17.3 Å². The van der Waals surface area contributed by atoms with Crippen molar-refractivity contribution in [3.05, 3.63) is 46.4 Å². The summed E-state index contributed by atoms with van der Waals surface area (Å²) >= 11 is 0. The first-order valence-electron chi connectivity index (χ1n) is 7.27. The Morgan fingerprint density at radius 3 is 2.84 bits per heavy atom. The molecule has 0 radical (unpaired) electrons. The van der Waals surface area contributed by atoms with E-state index in [1.165, 1.54) is 4.57 Å². The van der Waals surface area contributed by atoms with Gasteiger partial charge in [0, 0.05) is 19.4 Å². The number of hydrogen-bond donors (Lipinski definition) is 1. The number of aryl methyl sites for hydroxylation is 2. The van der Waals surface area contributed by atoms with Gasteiger partial charge in [0.25, 0.3) is 0 Å². The van der Waals surface area contributed by atoms with Gasteiger partial charge < -0.3 is 19.8 Å². The van der Waals surface area contributed by atoms with Gasteiger partial charge in [-0.15, -0.1) is 10.2 Å². The second-order valence-corrected chi connectivity index (χ2v) is 5.35. The first-order valence-corrected chi connectivity index (χ1v) is 7.27. The Morgan fingerprint density at radius 1 is 1.40 bits per heavy atom. The summed E-state index contributed by atoms with van der Waals surface area (Å²) < 4.78 is 2.67. The molecule has 0 aliphatic rings. The van der Waals surface area contributed by atoms with Crippen molar-refractivity contribution >= 4 is 28.3 Å². The lowest BCUT2D eigenvalue weighted by atomic mass is 10.2. The molecule has 0 aliphatic heterocycles. The van der Waals surface area contributed by atoms with Gasteiger partial charge in [-0.25, -0.2) is 9.55 Å². The number of aromatic hydroxyl groups is 1. The van der Waals surface area contributed by atoms with Crippen LogP contribution < -0.4 is 0 Å². The fraction of sp³-hybridized carbons (Fsp3) is 0.200. The van der Waals surface area contributed by atoms with Crippen LogP contribution in [0.1, 0.15) is 5.82 Å². The minimum atomic E-state index is -0.698. The third-order valence-electron chi connectivity index (χ3n) is 3.83. The summed E-state index contributed by atoms with van der Waals surface area (Å²) in [5.74, 6) is -0.795. The molecule has 0 saturated carbocycles. The zero-order valence-corrected chi connectivity index (χ0v) is 13.4. The fourth-order valence-corrected chi connectivity index (χ4v) is 2.53. The third-order valence-corrected chi connectivity index (χ3v) is 3.83. The van der Waals surface area contributed by atoms with Gasteiger partial charge in [0.05, 0.1) is 5.52 Å². The van der Waals surface area contributed by atoms with Crippen LogP contribution in [-0.4, -0.2) is 30.1 Å². The van der Waals surface area contributed by atoms with Crippen LogP contribution >= 0.6 is 0 Å². The zero-order valence-electron chi connectivity index (χ0n) is 13.4. The first-order chi connectivity index (χ1) is 11.9. The number of imidazole rings is 1. The van der Waals surface area contributed by atoms with E-state index in [9.17, 15) is 20.0 Å². The van der Waals surface area contributed by atoms with Crippen molar-refractivity contribution < 1.29 is 14.8 Å². The molecule has 2 aromatic heterocycles. The summed E-state index contributed by atoms with van der Waals surface area (Å²) in [5, 5.41) is 29.1. The van der Waals surface area contributed by atoms with E-state index in [2.05, 4.69) is 15.2 Å². The molecule has 1 amide bonds. The fourth-order valence-electron chi connectivity index (χ4n) is 2.53. The molecule has 1 aromatic carbocycles. The highest BCUT2D eigenvalue weighted by molar-refractivity contribution is 5.95. The normalized spacial score (nSPS) is 11.4. The maximum absolute atomic E-state index is 12.0. The molecule has 2 heterocycles. The SMILES string of the molecule is Cc1ncc([N+](=O)[O-])n1CC(=O)N=Nc1c(O)n(C)c2ccccc12. The molecule has 128 valence electrons. The van der Waals surface area contributed by atoms with Gasteiger partial charge in [-0.05, 0) is 11.0 Å². The van der Waals surface area contributed by atoms with Crippen LogP contribution in [0.25, 0.3) is 10.9 Å². The second-order valence-electron chi connectivity index (χ2n) is 5.35. The first kappa shape index (κ1) is 16.3. The van der Waals surface area contributed by atoms with Crippen molar-refractivity contribution in [1.82, 2.24) is 14.1 Å². The number of nitro groups is 1. The Bertz CT molecular complexity index is 1020. The molecule has 25 heavy (non-hydrogen) atoms. The van der Waals surface area contributed by atoms with E-state index in [4.69, 9.17) is 0 Å². The molecule has 0 unspecified atom stereocenters. The van der Waals surface area contributed by atoms with Crippen LogP contribution in [0.15, 0.2) is 40.7 Å². The molecule has 0 aliphatic carbocycles. The topological polar surface area (TPSA) is 128 Å². The number of para-hydroxylation sites is 1. The highest BCUT2D eigenvalue weighted by Crippen LogP contribution is 2.37. The predicted molar refractivity (Wildman–Crippen MR) is 87.7 cm³/mol. The van der Waals surface area contributed by atoms with Crippen LogP contribution in [0.3, 0.4) is 0 Å². The van der Waals surface area contributed by atoms with Crippen LogP contribution in [0.5, 0.6) is 5.88 Å².